The van der Waals surface area contributed by atoms with E-state index in [1.807, 2.05) is 44.2 Å². The van der Waals surface area contributed by atoms with Gasteiger partial charge in [0.1, 0.15) is 4.90 Å². The highest BCUT2D eigenvalue weighted by Crippen LogP contribution is 2.29. The number of carbonyl (C=O) groups is 1. The van der Waals surface area contributed by atoms with Crippen molar-refractivity contribution in [2.45, 2.75) is 18.7 Å². The smallest absolute Gasteiger partial charge is 0.269 e. The molecule has 9 nitrogen and oxygen atoms in total. The van der Waals surface area contributed by atoms with Gasteiger partial charge in [-0.05, 0) is 44.2 Å². The van der Waals surface area contributed by atoms with Crippen LogP contribution in [0, 0.1) is 13.8 Å². The Morgan fingerprint density at radius 1 is 0.889 bits per heavy atom. The van der Waals surface area contributed by atoms with Crippen LogP contribution in [0.3, 0.4) is 0 Å². The first-order valence-corrected chi connectivity index (χ1v) is 12.4. The molecule has 3 heterocycles. The van der Waals surface area contributed by atoms with Crippen LogP contribution >= 0.6 is 0 Å². The topological polar surface area (TPSA) is 120 Å². The van der Waals surface area contributed by atoms with E-state index in [0.717, 1.165) is 16.7 Å². The van der Waals surface area contributed by atoms with Gasteiger partial charge in [0, 0.05) is 29.1 Å². The van der Waals surface area contributed by atoms with E-state index in [1.54, 1.807) is 25.4 Å². The van der Waals surface area contributed by atoms with Crippen molar-refractivity contribution in [2.24, 2.45) is 0 Å². The van der Waals surface area contributed by atoms with Crippen LogP contribution in [-0.2, 0) is 10.0 Å². The van der Waals surface area contributed by atoms with Gasteiger partial charge in [-0.1, -0.05) is 29.8 Å². The van der Waals surface area contributed by atoms with Crippen molar-refractivity contribution < 1.29 is 22.7 Å². The lowest BCUT2D eigenvalue weighted by Crippen LogP contribution is -2.31. The number of aromatic nitrogens is 3. The number of hydrogen-bond donors (Lipinski definition) is 1. The monoisotopic (exact) mass is 504 g/mol. The Bertz CT molecular complexity index is 1540. The quantitative estimate of drug-likeness (QED) is 0.402. The van der Waals surface area contributed by atoms with Crippen LogP contribution in [0.1, 0.15) is 21.5 Å². The number of hydrogen-bond acceptors (Lipinski definition) is 8. The van der Waals surface area contributed by atoms with Gasteiger partial charge >= 0.3 is 0 Å². The summed E-state index contributed by atoms with van der Waals surface area (Å²) in [6.07, 6.45) is 3.03. The van der Waals surface area contributed by atoms with E-state index in [4.69, 9.17) is 14.5 Å². The van der Waals surface area contributed by atoms with Gasteiger partial charge in [0.25, 0.3) is 15.9 Å². The summed E-state index contributed by atoms with van der Waals surface area (Å²) in [5, 5.41) is 0. The van der Waals surface area contributed by atoms with Gasteiger partial charge in [0.15, 0.2) is 0 Å². The van der Waals surface area contributed by atoms with Crippen LogP contribution in [0.2, 0.25) is 0 Å². The lowest BCUT2D eigenvalue weighted by molar-refractivity contribution is 0.0981. The molecule has 4 aromatic rings. The standard InChI is InChI=1S/C26H24N4O5S/c1-16-7-9-18(10-8-16)23-20(11-12-21(29-23)19-14-17(2)25(34-3)28-15-19)24(31)30-36(32,33)22-6-5-13-27-26(22)35-4/h5-15H,1-4H3,(H,30,31). The van der Waals surface area contributed by atoms with E-state index < -0.39 is 15.9 Å². The number of aryl methyl sites for hydroxylation is 2. The lowest BCUT2D eigenvalue weighted by Gasteiger charge is -2.14. The average molecular weight is 505 g/mol. The van der Waals surface area contributed by atoms with E-state index >= 15 is 0 Å². The Morgan fingerprint density at radius 2 is 1.61 bits per heavy atom. The third kappa shape index (κ3) is 5.03. The van der Waals surface area contributed by atoms with Crippen molar-refractivity contribution in [2.75, 3.05) is 14.2 Å². The minimum Gasteiger partial charge on any atom is -0.481 e. The largest absolute Gasteiger partial charge is 0.481 e. The number of nitrogens with zero attached hydrogens (tertiary/aromatic N) is 3. The Hall–Kier alpha value is -4.31. The normalized spacial score (nSPS) is 11.1. The summed E-state index contributed by atoms with van der Waals surface area (Å²) < 4.78 is 38.4. The number of amides is 1. The van der Waals surface area contributed by atoms with Crippen molar-refractivity contribution in [3.8, 4) is 34.3 Å². The Balaban J connectivity index is 1.78. The number of pyridine rings is 3. The molecule has 0 aliphatic carbocycles. The van der Waals surface area contributed by atoms with Crippen molar-refractivity contribution >= 4 is 15.9 Å². The van der Waals surface area contributed by atoms with Gasteiger partial charge < -0.3 is 9.47 Å². The van der Waals surface area contributed by atoms with Crippen molar-refractivity contribution in [3.05, 3.63) is 83.7 Å². The van der Waals surface area contributed by atoms with Crippen LogP contribution < -0.4 is 14.2 Å². The highest BCUT2D eigenvalue weighted by atomic mass is 32.2. The Morgan fingerprint density at radius 3 is 2.28 bits per heavy atom. The van der Waals surface area contributed by atoms with Crippen LogP contribution in [0.4, 0.5) is 0 Å². The predicted octanol–water partition coefficient (Wildman–Crippen LogP) is 3.96. The summed E-state index contributed by atoms with van der Waals surface area (Å²) in [4.78, 5) is 25.9. The molecular weight excluding hydrogens is 480 g/mol. The van der Waals surface area contributed by atoms with Gasteiger partial charge in [0.2, 0.25) is 11.8 Å². The first kappa shape index (κ1) is 24.8. The number of ether oxygens (including phenoxy) is 2. The van der Waals surface area contributed by atoms with E-state index in [1.165, 1.54) is 25.4 Å². The second-order valence-corrected chi connectivity index (χ2v) is 9.61. The molecule has 0 saturated heterocycles. The SMILES string of the molecule is COc1ncc(-c2ccc(C(=O)NS(=O)(=O)c3cccnc3OC)c(-c3ccc(C)cc3)n2)cc1C. The molecule has 0 aliphatic rings. The van der Waals surface area contributed by atoms with E-state index in [9.17, 15) is 13.2 Å². The summed E-state index contributed by atoms with van der Waals surface area (Å²) in [5.74, 6) is -0.448. The third-order valence-corrected chi connectivity index (χ3v) is 6.77. The summed E-state index contributed by atoms with van der Waals surface area (Å²) in [5.41, 5.74) is 4.22. The van der Waals surface area contributed by atoms with Gasteiger partial charge in [0.05, 0.1) is 31.2 Å². The van der Waals surface area contributed by atoms with Crippen molar-refractivity contribution in [3.63, 3.8) is 0 Å². The summed E-state index contributed by atoms with van der Waals surface area (Å²) >= 11 is 0. The molecule has 0 fully saturated rings. The number of nitrogens with one attached hydrogen (secondary N) is 1. The van der Waals surface area contributed by atoms with Crippen LogP contribution in [-0.4, -0.2) is 43.5 Å². The maximum Gasteiger partial charge on any atom is 0.269 e. The van der Waals surface area contributed by atoms with Gasteiger partial charge in [-0.25, -0.2) is 28.1 Å². The number of rotatable bonds is 7. The fraction of sp³-hybridized carbons (Fsp3) is 0.154. The zero-order chi connectivity index (χ0) is 25.9. The first-order chi connectivity index (χ1) is 17.2. The highest BCUT2D eigenvalue weighted by Gasteiger charge is 2.25. The number of sulfonamides is 1. The van der Waals surface area contributed by atoms with Crippen molar-refractivity contribution in [1.82, 2.24) is 19.7 Å². The minimum atomic E-state index is -4.27. The van der Waals surface area contributed by atoms with E-state index in [-0.39, 0.29) is 16.3 Å². The number of benzene rings is 1. The molecule has 1 N–H and O–H groups in total. The van der Waals surface area contributed by atoms with Crippen molar-refractivity contribution in [1.29, 1.82) is 0 Å². The van der Waals surface area contributed by atoms with Gasteiger partial charge in [-0.2, -0.15) is 0 Å². The van der Waals surface area contributed by atoms with Crippen LogP contribution in [0.15, 0.2) is 71.9 Å². The molecule has 184 valence electrons. The molecule has 0 bridgehead atoms. The van der Waals surface area contributed by atoms with Gasteiger partial charge in [-0.15, -0.1) is 0 Å². The molecule has 3 aromatic heterocycles. The number of carbonyl (C=O) groups excluding carboxylic acids is 1. The van der Waals surface area contributed by atoms with Crippen LogP contribution in [0.5, 0.6) is 11.8 Å². The molecule has 4 rings (SSSR count). The Kier molecular flexibility index (Phi) is 6.98. The molecule has 0 saturated carbocycles. The molecule has 0 unspecified atom stereocenters. The van der Waals surface area contributed by atoms with E-state index in [0.29, 0.717) is 22.8 Å². The molecular formula is C26H24N4O5S. The fourth-order valence-corrected chi connectivity index (χ4v) is 4.70. The summed E-state index contributed by atoms with van der Waals surface area (Å²) in [7, 11) is -1.42. The average Bonchev–Trinajstić information content (AvgIpc) is 2.88. The zero-order valence-corrected chi connectivity index (χ0v) is 21.0. The predicted molar refractivity (Wildman–Crippen MR) is 134 cm³/mol. The highest BCUT2D eigenvalue weighted by molar-refractivity contribution is 7.90. The second kappa shape index (κ2) is 10.1. The maximum absolute atomic E-state index is 13.3. The molecule has 1 aromatic carbocycles. The molecule has 0 atom stereocenters. The van der Waals surface area contributed by atoms with E-state index in [2.05, 4.69) is 14.7 Å². The molecule has 0 radical (unpaired) electrons. The minimum absolute atomic E-state index is 0.0900. The summed E-state index contributed by atoms with van der Waals surface area (Å²) in [6.45, 7) is 3.82. The second-order valence-electron chi connectivity index (χ2n) is 7.95. The lowest BCUT2D eigenvalue weighted by atomic mass is 10.0. The molecule has 36 heavy (non-hydrogen) atoms. The first-order valence-electron chi connectivity index (χ1n) is 10.9. The zero-order valence-electron chi connectivity index (χ0n) is 20.1. The maximum atomic E-state index is 13.3. The van der Waals surface area contributed by atoms with Crippen LogP contribution in [0.25, 0.3) is 22.5 Å². The third-order valence-electron chi connectivity index (χ3n) is 5.43. The summed E-state index contributed by atoms with van der Waals surface area (Å²) in [6, 6.07) is 15.3. The molecule has 1 amide bonds. The number of methoxy groups -OCH3 is 2. The Labute approximate surface area is 209 Å². The molecule has 0 spiro atoms. The fourth-order valence-electron chi connectivity index (χ4n) is 3.62. The molecule has 0 aliphatic heterocycles. The molecule has 10 heteroatoms. The van der Waals surface area contributed by atoms with Gasteiger partial charge in [-0.3, -0.25) is 4.79 Å².